The normalized spacial score (nSPS) is 17.8. The molecule has 3 heterocycles. The Bertz CT molecular complexity index is 901. The molecule has 124 valence electrons. The number of hydrogen-bond acceptors (Lipinski definition) is 4. The summed E-state index contributed by atoms with van der Waals surface area (Å²) < 4.78 is 26.8. The number of rotatable bonds is 2. The van der Waals surface area contributed by atoms with E-state index in [1.165, 1.54) is 0 Å². The molecular weight excluding hydrogens is 312 g/mol. The topological polar surface area (TPSA) is 57.7 Å². The fraction of sp³-hybridized carbons (Fsp3) is 0.353. The van der Waals surface area contributed by atoms with Crippen molar-refractivity contribution in [3.63, 3.8) is 0 Å². The second kappa shape index (κ2) is 5.51. The van der Waals surface area contributed by atoms with Crippen molar-refractivity contribution in [2.24, 2.45) is 0 Å². The summed E-state index contributed by atoms with van der Waals surface area (Å²) in [4.78, 5) is 18.8. The molecule has 4 rings (SSSR count). The van der Waals surface area contributed by atoms with Gasteiger partial charge in [-0.15, -0.1) is 0 Å². The van der Waals surface area contributed by atoms with Gasteiger partial charge in [-0.2, -0.15) is 0 Å². The highest BCUT2D eigenvalue weighted by Gasteiger charge is 2.30. The molecule has 0 radical (unpaired) electrons. The molecule has 0 bridgehead atoms. The van der Waals surface area contributed by atoms with Crippen molar-refractivity contribution in [3.05, 3.63) is 47.2 Å². The third-order valence-corrected chi connectivity index (χ3v) is 4.58. The minimum absolute atomic E-state index is 0.0921. The lowest BCUT2D eigenvalue weighted by molar-refractivity contribution is 0.510. The highest BCUT2D eigenvalue weighted by atomic mass is 19.2. The van der Waals surface area contributed by atoms with Gasteiger partial charge in [-0.05, 0) is 26.7 Å². The van der Waals surface area contributed by atoms with Gasteiger partial charge in [-0.1, -0.05) is 0 Å². The Hall–Kier alpha value is -2.57. The highest BCUT2D eigenvalue weighted by Crippen LogP contribution is 2.34. The monoisotopic (exact) mass is 329 g/mol. The predicted molar refractivity (Wildman–Crippen MR) is 86.8 cm³/mol. The van der Waals surface area contributed by atoms with E-state index in [1.807, 2.05) is 13.8 Å². The zero-order valence-corrected chi connectivity index (χ0v) is 13.5. The standard InChI is InChI=1S/C17H17F2N5/c1-9-10(2)22-17(21-9)15-4-3-5-24(15)16-8-20-13-6-11(18)12(19)7-14(13)23-16/h6-8,15H,3-5H2,1-2H3,(H,21,22). The number of nitrogens with one attached hydrogen (secondary N) is 1. The van der Waals surface area contributed by atoms with E-state index in [1.54, 1.807) is 6.20 Å². The van der Waals surface area contributed by atoms with Crippen LogP contribution in [0.5, 0.6) is 0 Å². The SMILES string of the molecule is Cc1nc(C2CCCN2c2cnc3cc(F)c(F)cc3n2)[nH]c1C. The molecule has 5 nitrogen and oxygen atoms in total. The Morgan fingerprint density at radius 2 is 1.88 bits per heavy atom. The largest absolute Gasteiger partial charge is 0.345 e. The fourth-order valence-corrected chi connectivity index (χ4v) is 3.19. The second-order valence-corrected chi connectivity index (χ2v) is 6.17. The summed E-state index contributed by atoms with van der Waals surface area (Å²) in [7, 11) is 0. The molecule has 0 aliphatic carbocycles. The number of benzene rings is 1. The molecule has 0 spiro atoms. The quantitative estimate of drug-likeness (QED) is 0.780. The molecule has 1 unspecified atom stereocenters. The van der Waals surface area contributed by atoms with Gasteiger partial charge in [0.15, 0.2) is 11.6 Å². The van der Waals surface area contributed by atoms with Gasteiger partial charge < -0.3 is 9.88 Å². The number of aryl methyl sites for hydroxylation is 2. The van der Waals surface area contributed by atoms with E-state index < -0.39 is 11.6 Å². The molecule has 0 amide bonds. The lowest BCUT2D eigenvalue weighted by Crippen LogP contribution is -2.24. The van der Waals surface area contributed by atoms with Crippen LogP contribution in [-0.4, -0.2) is 26.5 Å². The predicted octanol–water partition coefficient (Wildman–Crippen LogP) is 3.59. The van der Waals surface area contributed by atoms with Gasteiger partial charge in [0.05, 0.1) is 29.0 Å². The first-order valence-electron chi connectivity index (χ1n) is 7.94. The minimum Gasteiger partial charge on any atom is -0.345 e. The van der Waals surface area contributed by atoms with Gasteiger partial charge in [-0.3, -0.25) is 4.98 Å². The molecule has 1 aliphatic rings. The number of H-pyrrole nitrogens is 1. The Kier molecular flexibility index (Phi) is 3.44. The summed E-state index contributed by atoms with van der Waals surface area (Å²) in [5.41, 5.74) is 2.74. The first-order valence-corrected chi connectivity index (χ1v) is 7.94. The first kappa shape index (κ1) is 15.0. The van der Waals surface area contributed by atoms with Gasteiger partial charge in [0.2, 0.25) is 0 Å². The third kappa shape index (κ3) is 2.40. The van der Waals surface area contributed by atoms with Crippen molar-refractivity contribution in [3.8, 4) is 0 Å². The van der Waals surface area contributed by atoms with Crippen molar-refractivity contribution >= 4 is 16.9 Å². The molecule has 1 atom stereocenters. The van der Waals surface area contributed by atoms with E-state index in [0.29, 0.717) is 16.9 Å². The van der Waals surface area contributed by atoms with Crippen LogP contribution in [0, 0.1) is 25.5 Å². The Morgan fingerprint density at radius 3 is 2.58 bits per heavy atom. The lowest BCUT2D eigenvalue weighted by Gasteiger charge is -2.24. The molecule has 1 aliphatic heterocycles. The van der Waals surface area contributed by atoms with E-state index >= 15 is 0 Å². The van der Waals surface area contributed by atoms with E-state index in [4.69, 9.17) is 0 Å². The molecule has 0 saturated carbocycles. The maximum Gasteiger partial charge on any atom is 0.161 e. The summed E-state index contributed by atoms with van der Waals surface area (Å²) >= 11 is 0. The number of nitrogens with zero attached hydrogens (tertiary/aromatic N) is 4. The van der Waals surface area contributed by atoms with Crippen LogP contribution in [0.1, 0.15) is 36.1 Å². The number of halogens is 2. The van der Waals surface area contributed by atoms with Crippen molar-refractivity contribution in [2.45, 2.75) is 32.7 Å². The summed E-state index contributed by atoms with van der Waals surface area (Å²) in [6.45, 7) is 4.80. The number of anilines is 1. The van der Waals surface area contributed by atoms with Gasteiger partial charge in [0.25, 0.3) is 0 Å². The average molecular weight is 329 g/mol. The molecule has 1 fully saturated rings. The number of hydrogen-bond donors (Lipinski definition) is 1. The van der Waals surface area contributed by atoms with E-state index in [9.17, 15) is 8.78 Å². The van der Waals surface area contributed by atoms with Crippen LogP contribution >= 0.6 is 0 Å². The Labute approximate surface area is 137 Å². The van der Waals surface area contributed by atoms with Crippen LogP contribution in [0.4, 0.5) is 14.6 Å². The first-order chi connectivity index (χ1) is 11.5. The molecule has 1 N–H and O–H groups in total. The van der Waals surface area contributed by atoms with Gasteiger partial charge in [0.1, 0.15) is 11.6 Å². The smallest absolute Gasteiger partial charge is 0.161 e. The maximum absolute atomic E-state index is 13.5. The van der Waals surface area contributed by atoms with Crippen LogP contribution < -0.4 is 4.90 Å². The average Bonchev–Trinajstić information content (AvgIpc) is 3.15. The second-order valence-electron chi connectivity index (χ2n) is 6.17. The highest BCUT2D eigenvalue weighted by molar-refractivity contribution is 5.75. The lowest BCUT2D eigenvalue weighted by atomic mass is 10.2. The van der Waals surface area contributed by atoms with Crippen LogP contribution in [0.2, 0.25) is 0 Å². The fourth-order valence-electron chi connectivity index (χ4n) is 3.19. The van der Waals surface area contributed by atoms with Gasteiger partial charge in [0, 0.05) is 24.4 Å². The van der Waals surface area contributed by atoms with Crippen LogP contribution in [-0.2, 0) is 0 Å². The van der Waals surface area contributed by atoms with Crippen molar-refractivity contribution < 1.29 is 8.78 Å². The number of aromatic amines is 1. The number of fused-ring (bicyclic) bond motifs is 1. The van der Waals surface area contributed by atoms with Crippen LogP contribution in [0.3, 0.4) is 0 Å². The zero-order chi connectivity index (χ0) is 16.8. The maximum atomic E-state index is 13.5. The van der Waals surface area contributed by atoms with Crippen LogP contribution in [0.25, 0.3) is 11.0 Å². The Balaban J connectivity index is 1.73. The number of imidazole rings is 1. The molecule has 3 aromatic rings. The Morgan fingerprint density at radius 1 is 1.12 bits per heavy atom. The molecular formula is C17H17F2N5. The number of aromatic nitrogens is 4. The summed E-state index contributed by atoms with van der Waals surface area (Å²) in [6.07, 6.45) is 3.59. The summed E-state index contributed by atoms with van der Waals surface area (Å²) in [6, 6.07) is 2.25. The van der Waals surface area contributed by atoms with Crippen molar-refractivity contribution in [1.29, 1.82) is 0 Å². The van der Waals surface area contributed by atoms with E-state index in [0.717, 1.165) is 48.7 Å². The van der Waals surface area contributed by atoms with Gasteiger partial charge in [-0.25, -0.2) is 18.7 Å². The molecule has 1 saturated heterocycles. The minimum atomic E-state index is -0.913. The molecule has 24 heavy (non-hydrogen) atoms. The molecule has 2 aromatic heterocycles. The zero-order valence-electron chi connectivity index (χ0n) is 13.5. The van der Waals surface area contributed by atoms with Crippen molar-refractivity contribution in [1.82, 2.24) is 19.9 Å². The van der Waals surface area contributed by atoms with Crippen molar-refractivity contribution in [2.75, 3.05) is 11.4 Å². The van der Waals surface area contributed by atoms with Gasteiger partial charge >= 0.3 is 0 Å². The third-order valence-electron chi connectivity index (χ3n) is 4.58. The summed E-state index contributed by atoms with van der Waals surface area (Å²) in [5.74, 6) is -0.258. The van der Waals surface area contributed by atoms with E-state index in [-0.39, 0.29) is 6.04 Å². The van der Waals surface area contributed by atoms with Crippen LogP contribution in [0.15, 0.2) is 18.3 Å². The summed E-state index contributed by atoms with van der Waals surface area (Å²) in [5, 5.41) is 0. The molecule has 1 aromatic carbocycles. The molecule has 7 heteroatoms. The van der Waals surface area contributed by atoms with E-state index in [2.05, 4.69) is 24.8 Å².